The molecular weight excluding hydrogens is 262 g/mol. The van der Waals surface area contributed by atoms with Crippen molar-refractivity contribution < 1.29 is 4.74 Å². The molecule has 1 N–H and O–H groups in total. The Morgan fingerprint density at radius 1 is 1.48 bits per heavy atom. The smallest absolute Gasteiger partial charge is 0.101 e. The van der Waals surface area contributed by atoms with Crippen LogP contribution in [0.5, 0.6) is 0 Å². The van der Waals surface area contributed by atoms with E-state index in [-0.39, 0.29) is 6.10 Å². The first kappa shape index (κ1) is 15.8. The third-order valence-electron chi connectivity index (χ3n) is 4.29. The summed E-state index contributed by atoms with van der Waals surface area (Å²) in [6.07, 6.45) is 1.34. The maximum Gasteiger partial charge on any atom is 0.101 e. The summed E-state index contributed by atoms with van der Waals surface area (Å²) < 4.78 is 5.57. The van der Waals surface area contributed by atoms with E-state index in [0.29, 0.717) is 5.92 Å². The van der Waals surface area contributed by atoms with Crippen molar-refractivity contribution in [1.29, 1.82) is 5.26 Å². The predicted octanol–water partition coefficient (Wildman–Crippen LogP) is 2.53. The van der Waals surface area contributed by atoms with E-state index in [1.165, 1.54) is 0 Å². The lowest BCUT2D eigenvalue weighted by Crippen LogP contribution is -2.44. The van der Waals surface area contributed by atoms with Crippen LogP contribution in [0.2, 0.25) is 0 Å². The topological polar surface area (TPSA) is 48.3 Å². The molecule has 21 heavy (non-hydrogen) atoms. The second-order valence-corrected chi connectivity index (χ2v) is 5.73. The van der Waals surface area contributed by atoms with E-state index in [0.717, 1.165) is 49.4 Å². The van der Waals surface area contributed by atoms with Crippen molar-refractivity contribution in [3.63, 3.8) is 0 Å². The first-order chi connectivity index (χ1) is 10.2. The Kier molecular flexibility index (Phi) is 5.60. The number of piperidine rings is 1. The molecule has 0 amide bonds. The minimum absolute atomic E-state index is 0.242. The molecule has 114 valence electrons. The Hall–Kier alpha value is -1.57. The summed E-state index contributed by atoms with van der Waals surface area (Å²) in [4.78, 5) is 2.28. The molecule has 0 radical (unpaired) electrons. The standard InChI is InChI=1S/C17H25N3O/c1-4-19-11-14-5-6-16(15(9-14)10-18)20-8-7-13(2)17(12-20)21-3/h5-6,9,13,17,19H,4,7-8,11-12H2,1-3H3. The van der Waals surface area contributed by atoms with Crippen LogP contribution in [-0.4, -0.2) is 32.8 Å². The molecule has 4 heteroatoms. The van der Waals surface area contributed by atoms with Gasteiger partial charge in [0.1, 0.15) is 6.07 Å². The number of anilines is 1. The lowest BCUT2D eigenvalue weighted by molar-refractivity contribution is 0.0498. The number of hydrogen-bond donors (Lipinski definition) is 1. The molecule has 2 atom stereocenters. The summed E-state index contributed by atoms with van der Waals surface area (Å²) >= 11 is 0. The van der Waals surface area contributed by atoms with Crippen LogP contribution in [0.4, 0.5) is 5.69 Å². The van der Waals surface area contributed by atoms with Gasteiger partial charge in [0.25, 0.3) is 0 Å². The molecule has 0 spiro atoms. The maximum atomic E-state index is 9.45. The Morgan fingerprint density at radius 3 is 2.95 bits per heavy atom. The van der Waals surface area contributed by atoms with E-state index >= 15 is 0 Å². The van der Waals surface area contributed by atoms with Crippen LogP contribution in [0, 0.1) is 17.2 Å². The zero-order valence-corrected chi connectivity index (χ0v) is 13.2. The molecule has 0 aliphatic carbocycles. The van der Waals surface area contributed by atoms with Crippen molar-refractivity contribution in [3.8, 4) is 6.07 Å². The normalized spacial score (nSPS) is 22.1. The second kappa shape index (κ2) is 7.44. The third-order valence-corrected chi connectivity index (χ3v) is 4.29. The number of nitrogens with one attached hydrogen (secondary N) is 1. The van der Waals surface area contributed by atoms with Gasteiger partial charge in [-0.2, -0.15) is 5.26 Å². The number of ether oxygens (including phenoxy) is 1. The number of nitriles is 1. The molecule has 1 heterocycles. The molecule has 0 bridgehead atoms. The Balaban J connectivity index is 2.17. The fourth-order valence-electron chi connectivity index (χ4n) is 2.89. The van der Waals surface area contributed by atoms with Gasteiger partial charge in [-0.05, 0) is 36.6 Å². The Labute approximate surface area is 127 Å². The van der Waals surface area contributed by atoms with E-state index in [1.807, 2.05) is 6.07 Å². The van der Waals surface area contributed by atoms with Gasteiger partial charge in [-0.25, -0.2) is 0 Å². The molecular formula is C17H25N3O. The van der Waals surface area contributed by atoms with Crippen LogP contribution in [-0.2, 0) is 11.3 Å². The van der Waals surface area contributed by atoms with Gasteiger partial charge in [0, 0.05) is 26.7 Å². The van der Waals surface area contributed by atoms with Crippen LogP contribution in [0.15, 0.2) is 18.2 Å². The minimum atomic E-state index is 0.242. The monoisotopic (exact) mass is 287 g/mol. The first-order valence-corrected chi connectivity index (χ1v) is 7.71. The van der Waals surface area contributed by atoms with Crippen LogP contribution < -0.4 is 10.2 Å². The minimum Gasteiger partial charge on any atom is -0.379 e. The Bertz CT molecular complexity index is 509. The molecule has 4 nitrogen and oxygen atoms in total. The highest BCUT2D eigenvalue weighted by atomic mass is 16.5. The van der Waals surface area contributed by atoms with Gasteiger partial charge < -0.3 is 15.0 Å². The summed E-state index contributed by atoms with van der Waals surface area (Å²) in [5.74, 6) is 0.574. The van der Waals surface area contributed by atoms with Crippen LogP contribution in [0.3, 0.4) is 0 Å². The van der Waals surface area contributed by atoms with Crippen molar-refractivity contribution in [2.24, 2.45) is 5.92 Å². The van der Waals surface area contributed by atoms with Crippen molar-refractivity contribution in [2.45, 2.75) is 32.9 Å². The number of methoxy groups -OCH3 is 1. The largest absolute Gasteiger partial charge is 0.379 e. The fourth-order valence-corrected chi connectivity index (χ4v) is 2.89. The van der Waals surface area contributed by atoms with E-state index in [4.69, 9.17) is 4.74 Å². The summed E-state index contributed by atoms with van der Waals surface area (Å²) in [5.41, 5.74) is 2.95. The van der Waals surface area contributed by atoms with Crippen molar-refractivity contribution >= 4 is 5.69 Å². The number of nitrogens with zero attached hydrogens (tertiary/aromatic N) is 2. The lowest BCUT2D eigenvalue weighted by atomic mass is 9.94. The molecule has 1 aliphatic heterocycles. The average Bonchev–Trinajstić information content (AvgIpc) is 2.53. The van der Waals surface area contributed by atoms with Gasteiger partial charge >= 0.3 is 0 Å². The van der Waals surface area contributed by atoms with Crippen LogP contribution in [0.1, 0.15) is 31.4 Å². The quantitative estimate of drug-likeness (QED) is 0.904. The average molecular weight is 287 g/mol. The highest BCUT2D eigenvalue weighted by Crippen LogP contribution is 2.28. The Morgan fingerprint density at radius 2 is 2.29 bits per heavy atom. The van der Waals surface area contributed by atoms with Crippen LogP contribution in [0.25, 0.3) is 0 Å². The molecule has 0 aromatic heterocycles. The summed E-state index contributed by atoms with van der Waals surface area (Å²) in [7, 11) is 1.77. The molecule has 1 aliphatic rings. The van der Waals surface area contributed by atoms with Gasteiger partial charge in [-0.1, -0.05) is 19.9 Å². The molecule has 2 unspecified atom stereocenters. The van der Waals surface area contributed by atoms with Gasteiger partial charge in [-0.3, -0.25) is 0 Å². The van der Waals surface area contributed by atoms with Gasteiger partial charge in [-0.15, -0.1) is 0 Å². The maximum absolute atomic E-state index is 9.45. The second-order valence-electron chi connectivity index (χ2n) is 5.73. The molecule has 0 saturated carbocycles. The zero-order valence-electron chi connectivity index (χ0n) is 13.2. The first-order valence-electron chi connectivity index (χ1n) is 7.71. The highest BCUT2D eigenvalue weighted by molar-refractivity contribution is 5.60. The molecule has 1 fully saturated rings. The van der Waals surface area contributed by atoms with Gasteiger partial charge in [0.15, 0.2) is 0 Å². The molecule has 1 saturated heterocycles. The van der Waals surface area contributed by atoms with Crippen molar-refractivity contribution in [1.82, 2.24) is 5.32 Å². The molecule has 2 rings (SSSR count). The van der Waals surface area contributed by atoms with Crippen molar-refractivity contribution in [3.05, 3.63) is 29.3 Å². The predicted molar refractivity (Wildman–Crippen MR) is 85.3 cm³/mol. The summed E-state index contributed by atoms with van der Waals surface area (Å²) in [6, 6.07) is 8.53. The van der Waals surface area contributed by atoms with Gasteiger partial charge in [0.2, 0.25) is 0 Å². The third kappa shape index (κ3) is 3.75. The number of hydrogen-bond acceptors (Lipinski definition) is 4. The highest BCUT2D eigenvalue weighted by Gasteiger charge is 2.27. The lowest BCUT2D eigenvalue weighted by Gasteiger charge is -2.38. The van der Waals surface area contributed by atoms with E-state index in [2.05, 4.69) is 42.3 Å². The summed E-state index contributed by atoms with van der Waals surface area (Å²) in [6.45, 7) is 7.91. The zero-order chi connectivity index (χ0) is 15.2. The molecule has 1 aromatic rings. The SMILES string of the molecule is CCNCc1ccc(N2CCC(C)C(OC)C2)c(C#N)c1. The van der Waals surface area contributed by atoms with Gasteiger partial charge in [0.05, 0.1) is 17.4 Å². The number of rotatable bonds is 5. The van der Waals surface area contributed by atoms with Crippen LogP contribution >= 0.6 is 0 Å². The van der Waals surface area contributed by atoms with Crippen molar-refractivity contribution in [2.75, 3.05) is 31.6 Å². The summed E-state index contributed by atoms with van der Waals surface area (Å²) in [5, 5.41) is 12.7. The molecule has 1 aromatic carbocycles. The number of benzene rings is 1. The van der Waals surface area contributed by atoms with E-state index < -0.39 is 0 Å². The van der Waals surface area contributed by atoms with E-state index in [9.17, 15) is 5.26 Å². The fraction of sp³-hybridized carbons (Fsp3) is 0.588. The van der Waals surface area contributed by atoms with E-state index in [1.54, 1.807) is 7.11 Å².